The Balaban J connectivity index is 1.19. The molecule has 39 heavy (non-hydrogen) atoms. The van der Waals surface area contributed by atoms with Crippen LogP contribution in [0, 0.1) is 0 Å². The van der Waals surface area contributed by atoms with Crippen molar-refractivity contribution in [3.8, 4) is 11.5 Å². The molecule has 0 spiro atoms. The van der Waals surface area contributed by atoms with E-state index in [2.05, 4.69) is 5.32 Å². The number of alkyl halides is 2. The highest BCUT2D eigenvalue weighted by atomic mass is 35.5. The van der Waals surface area contributed by atoms with Crippen LogP contribution in [0.3, 0.4) is 0 Å². The summed E-state index contributed by atoms with van der Waals surface area (Å²) in [5.74, 6) is 0.606. The fourth-order valence-electron chi connectivity index (χ4n) is 6.04. The third-order valence-electron chi connectivity index (χ3n) is 7.82. The summed E-state index contributed by atoms with van der Waals surface area (Å²) in [6, 6.07) is 18.0. The maximum Gasteiger partial charge on any atom is 0.321 e. The van der Waals surface area contributed by atoms with Crippen molar-refractivity contribution in [2.24, 2.45) is 0 Å². The Hall–Kier alpha value is -3.68. The van der Waals surface area contributed by atoms with Crippen LogP contribution in [0.4, 0.5) is 16.2 Å². The van der Waals surface area contributed by atoms with E-state index in [-0.39, 0.29) is 48.2 Å². The number of anilines is 2. The van der Waals surface area contributed by atoms with Gasteiger partial charge in [0.25, 0.3) is 0 Å². The van der Waals surface area contributed by atoms with Gasteiger partial charge in [-0.05, 0) is 21.9 Å². The molecule has 0 fully saturated rings. The van der Waals surface area contributed by atoms with Gasteiger partial charge in [0.05, 0.1) is 11.4 Å². The number of carbonyl (C=O) groups is 2. The Morgan fingerprint density at radius 1 is 0.769 bits per heavy atom. The SMILES string of the molecule is O=C(NCCC(=O)N1C[C@@H](CCl)c2c1cc(O)c1ccccc21)N1CC(CCl)c2c1cc(O)c1ccccc21. The Bertz CT molecular complexity index is 1510. The maximum atomic E-state index is 13.3. The fraction of sp³-hybridized carbons (Fsp3) is 0.267. The third kappa shape index (κ3) is 4.21. The molecule has 3 amide bonds. The van der Waals surface area contributed by atoms with Crippen LogP contribution in [0.25, 0.3) is 21.5 Å². The number of rotatable bonds is 5. The summed E-state index contributed by atoms with van der Waals surface area (Å²) in [5.41, 5.74) is 3.19. The number of urea groups is 1. The van der Waals surface area contributed by atoms with Crippen LogP contribution in [0.15, 0.2) is 60.7 Å². The van der Waals surface area contributed by atoms with Crippen molar-refractivity contribution in [2.75, 3.05) is 41.2 Å². The van der Waals surface area contributed by atoms with E-state index in [1.807, 2.05) is 48.5 Å². The van der Waals surface area contributed by atoms with Crippen molar-refractivity contribution in [3.63, 3.8) is 0 Å². The van der Waals surface area contributed by atoms with Crippen LogP contribution in [0.5, 0.6) is 11.5 Å². The third-order valence-corrected chi connectivity index (χ3v) is 8.57. The van der Waals surface area contributed by atoms with Crippen LogP contribution < -0.4 is 15.1 Å². The molecule has 0 saturated carbocycles. The summed E-state index contributed by atoms with van der Waals surface area (Å²) < 4.78 is 0. The molecule has 2 aliphatic rings. The molecule has 4 aromatic carbocycles. The quantitative estimate of drug-likeness (QED) is 0.259. The van der Waals surface area contributed by atoms with Gasteiger partial charge in [0.15, 0.2) is 0 Å². The molecule has 2 aliphatic heterocycles. The van der Waals surface area contributed by atoms with Crippen LogP contribution >= 0.6 is 23.2 Å². The van der Waals surface area contributed by atoms with Gasteiger partial charge in [-0.25, -0.2) is 4.79 Å². The van der Waals surface area contributed by atoms with E-state index in [4.69, 9.17) is 23.2 Å². The number of nitrogens with zero attached hydrogens (tertiary/aromatic N) is 2. The highest BCUT2D eigenvalue weighted by molar-refractivity contribution is 6.19. The van der Waals surface area contributed by atoms with Gasteiger partial charge < -0.3 is 20.4 Å². The molecular weight excluding hydrogens is 537 g/mol. The Kier molecular flexibility index (Phi) is 6.65. The normalized spacial score (nSPS) is 18.0. The Labute approximate surface area is 235 Å². The summed E-state index contributed by atoms with van der Waals surface area (Å²) in [5, 5.41) is 27.3. The second-order valence-electron chi connectivity index (χ2n) is 10.0. The van der Waals surface area contributed by atoms with Gasteiger partial charge in [-0.3, -0.25) is 9.69 Å². The van der Waals surface area contributed by atoms with Gasteiger partial charge in [0.2, 0.25) is 5.91 Å². The van der Waals surface area contributed by atoms with Gasteiger partial charge in [-0.1, -0.05) is 48.5 Å². The Morgan fingerprint density at radius 3 is 1.74 bits per heavy atom. The topological polar surface area (TPSA) is 93.1 Å². The molecule has 6 rings (SSSR count). The average Bonchev–Trinajstić information content (AvgIpc) is 3.52. The summed E-state index contributed by atoms with van der Waals surface area (Å²) in [6.45, 7) is 0.934. The number of carbonyl (C=O) groups excluding carboxylic acids is 2. The molecule has 0 radical (unpaired) electrons. The van der Waals surface area contributed by atoms with E-state index < -0.39 is 0 Å². The zero-order chi connectivity index (χ0) is 27.3. The fourth-order valence-corrected chi connectivity index (χ4v) is 6.54. The molecule has 0 saturated heterocycles. The van der Waals surface area contributed by atoms with Crippen molar-refractivity contribution in [1.82, 2.24) is 5.32 Å². The zero-order valence-corrected chi connectivity index (χ0v) is 22.5. The van der Waals surface area contributed by atoms with Crippen molar-refractivity contribution in [1.29, 1.82) is 0 Å². The van der Waals surface area contributed by atoms with E-state index in [1.165, 1.54) is 0 Å². The van der Waals surface area contributed by atoms with Crippen LogP contribution in [-0.4, -0.2) is 53.5 Å². The standard InChI is InChI=1S/C30H27Cl2N3O4/c31-13-17-15-34(23-11-25(36)19-5-1-3-7-21(19)28(17)23)27(38)9-10-33-30(39)35-16-18(14-32)29-22-8-4-2-6-20(22)26(37)12-24(29)35/h1-8,11-12,17-18,36-37H,9-10,13-16H2,(H,33,39)/t17-,18?/m1/s1. The number of fused-ring (bicyclic) bond motifs is 6. The number of nitrogens with one attached hydrogen (secondary N) is 1. The van der Waals surface area contributed by atoms with Gasteiger partial charge in [0.1, 0.15) is 11.5 Å². The molecule has 7 nitrogen and oxygen atoms in total. The van der Waals surface area contributed by atoms with E-state index in [9.17, 15) is 19.8 Å². The molecule has 1 unspecified atom stereocenters. The average molecular weight is 564 g/mol. The predicted octanol–water partition coefficient (Wildman–Crippen LogP) is 6.02. The lowest BCUT2D eigenvalue weighted by Gasteiger charge is -2.21. The first-order chi connectivity index (χ1) is 18.9. The number of amides is 3. The zero-order valence-electron chi connectivity index (χ0n) is 21.0. The smallest absolute Gasteiger partial charge is 0.321 e. The van der Waals surface area contributed by atoms with E-state index in [1.54, 1.807) is 21.9 Å². The van der Waals surface area contributed by atoms with Crippen LogP contribution in [-0.2, 0) is 4.79 Å². The molecule has 9 heteroatoms. The van der Waals surface area contributed by atoms with Crippen LogP contribution in [0.2, 0.25) is 0 Å². The van der Waals surface area contributed by atoms with Crippen molar-refractivity contribution >= 4 is 68.1 Å². The molecule has 0 bridgehead atoms. The summed E-state index contributed by atoms with van der Waals surface area (Å²) in [6.07, 6.45) is 0.0797. The number of halogens is 2. The molecule has 2 atom stereocenters. The van der Waals surface area contributed by atoms with Gasteiger partial charge in [-0.2, -0.15) is 0 Å². The number of hydrogen-bond donors (Lipinski definition) is 3. The molecule has 2 heterocycles. The molecule has 0 aliphatic carbocycles. The predicted molar refractivity (Wildman–Crippen MR) is 156 cm³/mol. The van der Waals surface area contributed by atoms with E-state index in [0.717, 1.165) is 32.7 Å². The van der Waals surface area contributed by atoms with E-state index >= 15 is 0 Å². The lowest BCUT2D eigenvalue weighted by atomic mass is 9.95. The second kappa shape index (κ2) is 10.1. The van der Waals surface area contributed by atoms with Gasteiger partial charge in [0, 0.05) is 72.6 Å². The molecule has 3 N–H and O–H groups in total. The number of benzene rings is 4. The minimum absolute atomic E-state index is 0.0539. The van der Waals surface area contributed by atoms with E-state index in [0.29, 0.717) is 36.2 Å². The first-order valence-corrected chi connectivity index (χ1v) is 14.0. The van der Waals surface area contributed by atoms with Gasteiger partial charge >= 0.3 is 6.03 Å². The highest BCUT2D eigenvalue weighted by Crippen LogP contribution is 2.46. The van der Waals surface area contributed by atoms with Crippen LogP contribution in [0.1, 0.15) is 29.4 Å². The minimum Gasteiger partial charge on any atom is -0.507 e. The highest BCUT2D eigenvalue weighted by Gasteiger charge is 2.36. The summed E-state index contributed by atoms with van der Waals surface area (Å²) in [4.78, 5) is 29.7. The largest absolute Gasteiger partial charge is 0.507 e. The molecule has 4 aromatic rings. The lowest BCUT2D eigenvalue weighted by Crippen LogP contribution is -2.41. The monoisotopic (exact) mass is 563 g/mol. The first-order valence-electron chi connectivity index (χ1n) is 12.9. The number of phenols is 2. The molecule has 200 valence electrons. The molecular formula is C30H27Cl2N3O4. The van der Waals surface area contributed by atoms with Crippen molar-refractivity contribution in [3.05, 3.63) is 71.8 Å². The summed E-state index contributed by atoms with van der Waals surface area (Å²) >= 11 is 12.6. The molecule has 0 aromatic heterocycles. The number of aromatic hydroxyl groups is 2. The number of phenolic OH excluding ortho intramolecular Hbond substituents is 2. The minimum atomic E-state index is -0.351. The van der Waals surface area contributed by atoms with Crippen molar-refractivity contribution in [2.45, 2.75) is 18.3 Å². The number of hydrogen-bond acceptors (Lipinski definition) is 4. The van der Waals surface area contributed by atoms with Crippen molar-refractivity contribution < 1.29 is 19.8 Å². The lowest BCUT2D eigenvalue weighted by molar-refractivity contribution is -0.118. The second-order valence-corrected chi connectivity index (χ2v) is 10.7. The summed E-state index contributed by atoms with van der Waals surface area (Å²) in [7, 11) is 0. The van der Waals surface area contributed by atoms with Gasteiger partial charge in [-0.15, -0.1) is 23.2 Å². The maximum absolute atomic E-state index is 13.3. The Morgan fingerprint density at radius 2 is 1.23 bits per heavy atom. The first kappa shape index (κ1) is 25.6.